The Bertz CT molecular complexity index is 893. The molecule has 0 saturated heterocycles. The summed E-state index contributed by atoms with van der Waals surface area (Å²) in [6.45, 7) is 4.90. The van der Waals surface area contributed by atoms with Gasteiger partial charge in [0.1, 0.15) is 16.5 Å². The van der Waals surface area contributed by atoms with Gasteiger partial charge in [0, 0.05) is 10.9 Å². The highest BCUT2D eigenvalue weighted by Gasteiger charge is 2.28. The Morgan fingerprint density at radius 1 is 1.14 bits per heavy atom. The maximum Gasteiger partial charge on any atom is 0.341 e. The number of anilines is 2. The Morgan fingerprint density at radius 2 is 1.93 bits per heavy atom. The lowest BCUT2D eigenvalue weighted by molar-refractivity contribution is -0.114. The molecule has 1 aliphatic carbocycles. The number of fused-ring (bicyclic) bond motifs is 1. The number of amides is 1. The molecule has 1 heterocycles. The van der Waals surface area contributed by atoms with Crippen molar-refractivity contribution in [2.75, 3.05) is 37.5 Å². The van der Waals surface area contributed by atoms with Gasteiger partial charge in [0.05, 0.1) is 38.1 Å². The molecular weight excluding hydrogens is 392 g/mol. The molecule has 1 aliphatic rings. The summed E-state index contributed by atoms with van der Waals surface area (Å²) in [5.41, 5.74) is 2.18. The van der Waals surface area contributed by atoms with Crippen molar-refractivity contribution >= 4 is 33.9 Å². The van der Waals surface area contributed by atoms with E-state index in [0.29, 0.717) is 41.0 Å². The fraction of sp³-hybridized carbons (Fsp3) is 0.429. The predicted octanol–water partition coefficient (Wildman–Crippen LogP) is 3.87. The summed E-state index contributed by atoms with van der Waals surface area (Å²) in [4.78, 5) is 25.9. The number of methoxy groups -OCH3 is 1. The Kier molecular flexibility index (Phi) is 6.98. The average Bonchev–Trinajstić information content (AvgIpc) is 3.28. The molecule has 2 aromatic rings. The van der Waals surface area contributed by atoms with Gasteiger partial charge >= 0.3 is 5.97 Å². The number of hydrogen-bond acceptors (Lipinski definition) is 7. The minimum Gasteiger partial charge on any atom is -0.494 e. The maximum absolute atomic E-state index is 12.6. The number of nitrogens with one attached hydrogen (secondary N) is 2. The molecule has 0 saturated carbocycles. The fourth-order valence-electron chi connectivity index (χ4n) is 3.34. The monoisotopic (exact) mass is 418 g/mol. The van der Waals surface area contributed by atoms with E-state index in [1.54, 1.807) is 6.07 Å². The van der Waals surface area contributed by atoms with Crippen molar-refractivity contribution in [2.24, 2.45) is 0 Å². The second-order valence-corrected chi connectivity index (χ2v) is 7.58. The van der Waals surface area contributed by atoms with Crippen LogP contribution in [0.15, 0.2) is 18.2 Å². The molecule has 8 heteroatoms. The van der Waals surface area contributed by atoms with Crippen molar-refractivity contribution in [1.82, 2.24) is 0 Å². The van der Waals surface area contributed by atoms with Gasteiger partial charge < -0.3 is 24.8 Å². The van der Waals surface area contributed by atoms with Gasteiger partial charge in [0.25, 0.3) is 0 Å². The summed E-state index contributed by atoms with van der Waals surface area (Å²) in [7, 11) is 1.36. The topological polar surface area (TPSA) is 85.9 Å². The summed E-state index contributed by atoms with van der Waals surface area (Å²) in [6, 6.07) is 5.45. The minimum atomic E-state index is -0.407. The SMILES string of the molecule is CCOc1ccc(OCC)c(NCC(=O)Nc2sc3c(c2C(=O)OC)CCC3)c1. The Hall–Kier alpha value is -2.74. The predicted molar refractivity (Wildman–Crippen MR) is 114 cm³/mol. The average molecular weight is 419 g/mol. The van der Waals surface area contributed by atoms with E-state index >= 15 is 0 Å². The van der Waals surface area contributed by atoms with Crippen LogP contribution in [0.5, 0.6) is 11.5 Å². The van der Waals surface area contributed by atoms with E-state index in [-0.39, 0.29) is 12.5 Å². The maximum atomic E-state index is 12.6. The van der Waals surface area contributed by atoms with Crippen LogP contribution >= 0.6 is 11.3 Å². The van der Waals surface area contributed by atoms with Gasteiger partial charge in [-0.1, -0.05) is 0 Å². The zero-order valence-electron chi connectivity index (χ0n) is 16.9. The Morgan fingerprint density at radius 3 is 2.66 bits per heavy atom. The van der Waals surface area contributed by atoms with Crippen molar-refractivity contribution in [3.63, 3.8) is 0 Å². The zero-order chi connectivity index (χ0) is 20.8. The van der Waals surface area contributed by atoms with Crippen molar-refractivity contribution in [2.45, 2.75) is 33.1 Å². The van der Waals surface area contributed by atoms with Crippen LogP contribution < -0.4 is 20.1 Å². The minimum absolute atomic E-state index is 0.0266. The molecule has 0 aliphatic heterocycles. The van der Waals surface area contributed by atoms with Crippen molar-refractivity contribution in [3.8, 4) is 11.5 Å². The number of benzene rings is 1. The van der Waals surface area contributed by atoms with Gasteiger partial charge in [-0.15, -0.1) is 11.3 Å². The number of thiophene rings is 1. The summed E-state index contributed by atoms with van der Waals surface area (Å²) >= 11 is 1.46. The standard InChI is InChI=1S/C21H26N2O5S/c1-4-27-13-9-10-16(28-5-2)15(11-13)22-12-18(24)23-20-19(21(25)26-3)14-7-6-8-17(14)29-20/h9-11,22H,4-8,12H2,1-3H3,(H,23,24). The third-order valence-corrected chi connectivity index (χ3v) is 5.77. The number of aryl methyl sites for hydroxylation is 1. The van der Waals surface area contributed by atoms with Crippen molar-refractivity contribution in [3.05, 3.63) is 34.2 Å². The summed E-state index contributed by atoms with van der Waals surface area (Å²) < 4.78 is 16.1. The van der Waals surface area contributed by atoms with Crippen LogP contribution in [0.2, 0.25) is 0 Å². The van der Waals surface area contributed by atoms with Gasteiger partial charge in [-0.3, -0.25) is 4.79 Å². The summed E-state index contributed by atoms with van der Waals surface area (Å²) in [5, 5.41) is 6.52. The molecule has 2 N–H and O–H groups in total. The quantitative estimate of drug-likeness (QED) is 0.601. The van der Waals surface area contributed by atoms with Gasteiger partial charge in [-0.25, -0.2) is 4.79 Å². The molecule has 3 rings (SSSR count). The first kappa shape index (κ1) is 21.0. The van der Waals surface area contributed by atoms with E-state index in [2.05, 4.69) is 10.6 Å². The second-order valence-electron chi connectivity index (χ2n) is 6.48. The molecule has 156 valence electrons. The van der Waals surface area contributed by atoms with Crippen LogP contribution in [0.4, 0.5) is 10.7 Å². The molecule has 29 heavy (non-hydrogen) atoms. The first-order valence-electron chi connectivity index (χ1n) is 9.73. The third-order valence-electron chi connectivity index (χ3n) is 4.57. The zero-order valence-corrected chi connectivity index (χ0v) is 17.7. The van der Waals surface area contributed by atoms with Crippen LogP contribution in [0.25, 0.3) is 0 Å². The molecule has 7 nitrogen and oxygen atoms in total. The highest BCUT2D eigenvalue weighted by atomic mass is 32.1. The number of rotatable bonds is 9. The number of carbonyl (C=O) groups is 2. The number of hydrogen-bond donors (Lipinski definition) is 2. The highest BCUT2D eigenvalue weighted by Crippen LogP contribution is 2.39. The van der Waals surface area contributed by atoms with Gasteiger partial charge in [0.15, 0.2) is 0 Å². The van der Waals surface area contributed by atoms with Crippen LogP contribution in [0.1, 0.15) is 41.1 Å². The first-order valence-corrected chi connectivity index (χ1v) is 10.5. The van der Waals surface area contributed by atoms with Gasteiger partial charge in [-0.2, -0.15) is 0 Å². The van der Waals surface area contributed by atoms with E-state index < -0.39 is 5.97 Å². The highest BCUT2D eigenvalue weighted by molar-refractivity contribution is 7.17. The van der Waals surface area contributed by atoms with Crippen LogP contribution in [-0.2, 0) is 22.4 Å². The van der Waals surface area contributed by atoms with Gasteiger partial charge in [-0.05, 0) is 50.8 Å². The molecule has 1 amide bonds. The Labute approximate surface area is 174 Å². The molecule has 0 spiro atoms. The number of carbonyl (C=O) groups excluding carboxylic acids is 2. The van der Waals surface area contributed by atoms with E-state index in [0.717, 1.165) is 29.7 Å². The fourth-order valence-corrected chi connectivity index (χ4v) is 4.64. The summed E-state index contributed by atoms with van der Waals surface area (Å²) in [6.07, 6.45) is 2.80. The normalized spacial score (nSPS) is 12.2. The molecule has 0 bridgehead atoms. The molecule has 0 atom stereocenters. The molecule has 1 aromatic carbocycles. The van der Waals surface area contributed by atoms with Crippen LogP contribution in [0.3, 0.4) is 0 Å². The molecule has 0 unspecified atom stereocenters. The van der Waals surface area contributed by atoms with Crippen LogP contribution in [-0.4, -0.2) is 38.7 Å². The van der Waals surface area contributed by atoms with Crippen molar-refractivity contribution < 1.29 is 23.8 Å². The largest absolute Gasteiger partial charge is 0.494 e. The number of ether oxygens (including phenoxy) is 3. The first-order chi connectivity index (χ1) is 14.1. The Balaban J connectivity index is 1.71. The van der Waals surface area contributed by atoms with E-state index in [1.165, 1.54) is 18.4 Å². The summed E-state index contributed by atoms with van der Waals surface area (Å²) in [5.74, 6) is 0.686. The van der Waals surface area contributed by atoms with E-state index in [4.69, 9.17) is 14.2 Å². The van der Waals surface area contributed by atoms with Crippen molar-refractivity contribution in [1.29, 1.82) is 0 Å². The van der Waals surface area contributed by atoms with E-state index in [1.807, 2.05) is 26.0 Å². The van der Waals surface area contributed by atoms with Crippen LogP contribution in [0, 0.1) is 0 Å². The molecular formula is C21H26N2O5S. The smallest absolute Gasteiger partial charge is 0.341 e. The molecule has 0 radical (unpaired) electrons. The second kappa shape index (κ2) is 9.65. The lowest BCUT2D eigenvalue weighted by Crippen LogP contribution is -2.23. The lowest BCUT2D eigenvalue weighted by Gasteiger charge is -2.14. The number of esters is 1. The van der Waals surface area contributed by atoms with Gasteiger partial charge in [0.2, 0.25) is 5.91 Å². The van der Waals surface area contributed by atoms with E-state index in [9.17, 15) is 9.59 Å². The third kappa shape index (κ3) is 4.82. The molecule has 0 fully saturated rings. The lowest BCUT2D eigenvalue weighted by atomic mass is 10.1. The molecule has 1 aromatic heterocycles.